The Morgan fingerprint density at radius 3 is 2.74 bits per heavy atom. The Balaban J connectivity index is 2.05. The van der Waals surface area contributed by atoms with E-state index in [1.165, 1.54) is 32.1 Å². The molecule has 106 valence electrons. The molecular formula is C14H25N5. The van der Waals surface area contributed by atoms with Gasteiger partial charge in [0.2, 0.25) is 0 Å². The molecule has 1 aliphatic rings. The number of hydrogen-bond donors (Lipinski definition) is 3. The molecule has 0 amide bonds. The maximum Gasteiger partial charge on any atom is 0.145 e. The smallest absolute Gasteiger partial charge is 0.145 e. The van der Waals surface area contributed by atoms with E-state index in [0.717, 1.165) is 24.0 Å². The van der Waals surface area contributed by atoms with Crippen LogP contribution in [0.3, 0.4) is 0 Å². The highest BCUT2D eigenvalue weighted by atomic mass is 15.3. The van der Waals surface area contributed by atoms with E-state index in [0.29, 0.717) is 11.9 Å². The Labute approximate surface area is 115 Å². The fraction of sp³-hybridized carbons (Fsp3) is 0.714. The van der Waals surface area contributed by atoms with Crippen LogP contribution in [0.25, 0.3) is 0 Å². The molecular weight excluding hydrogens is 238 g/mol. The van der Waals surface area contributed by atoms with Crippen molar-refractivity contribution in [3.8, 4) is 0 Å². The van der Waals surface area contributed by atoms with Crippen molar-refractivity contribution in [2.75, 3.05) is 10.7 Å². The van der Waals surface area contributed by atoms with E-state index < -0.39 is 0 Å². The van der Waals surface area contributed by atoms with Gasteiger partial charge in [0.15, 0.2) is 0 Å². The van der Waals surface area contributed by atoms with Crippen LogP contribution in [0.1, 0.15) is 51.8 Å². The third kappa shape index (κ3) is 3.80. The molecule has 4 N–H and O–H groups in total. The number of aryl methyl sites for hydroxylation is 1. The molecule has 1 aliphatic carbocycles. The predicted octanol–water partition coefficient (Wildman–Crippen LogP) is 2.71. The van der Waals surface area contributed by atoms with Gasteiger partial charge in [-0.25, -0.2) is 15.8 Å². The third-order valence-corrected chi connectivity index (χ3v) is 3.95. The van der Waals surface area contributed by atoms with Crippen molar-refractivity contribution in [3.05, 3.63) is 11.9 Å². The van der Waals surface area contributed by atoms with Gasteiger partial charge in [-0.3, -0.25) is 0 Å². The normalized spacial score (nSPS) is 23.1. The molecule has 1 heterocycles. The zero-order valence-corrected chi connectivity index (χ0v) is 11.9. The first kappa shape index (κ1) is 14.1. The van der Waals surface area contributed by atoms with Gasteiger partial charge < -0.3 is 10.7 Å². The number of anilines is 2. The van der Waals surface area contributed by atoms with Gasteiger partial charge in [0.1, 0.15) is 17.5 Å². The van der Waals surface area contributed by atoms with Crippen LogP contribution < -0.4 is 16.6 Å². The molecule has 1 aromatic heterocycles. The van der Waals surface area contributed by atoms with Crippen molar-refractivity contribution in [2.45, 2.75) is 58.4 Å². The molecule has 19 heavy (non-hydrogen) atoms. The minimum absolute atomic E-state index is 0.531. The van der Waals surface area contributed by atoms with E-state index in [2.05, 4.69) is 27.6 Å². The summed E-state index contributed by atoms with van der Waals surface area (Å²) >= 11 is 0. The Bertz CT molecular complexity index is 385. The van der Waals surface area contributed by atoms with E-state index in [1.54, 1.807) is 0 Å². The molecule has 2 unspecified atom stereocenters. The summed E-state index contributed by atoms with van der Waals surface area (Å²) in [6, 6.07) is 2.42. The Hall–Kier alpha value is -1.36. The topological polar surface area (TPSA) is 75.9 Å². The maximum absolute atomic E-state index is 5.45. The molecule has 0 aromatic carbocycles. The zero-order chi connectivity index (χ0) is 13.7. The van der Waals surface area contributed by atoms with E-state index in [4.69, 9.17) is 5.84 Å². The number of nitrogens with zero attached hydrogens (tertiary/aromatic N) is 2. The average molecular weight is 263 g/mol. The highest BCUT2D eigenvalue weighted by molar-refractivity contribution is 5.47. The third-order valence-electron chi connectivity index (χ3n) is 3.95. The lowest BCUT2D eigenvalue weighted by atomic mass is 9.84. The lowest BCUT2D eigenvalue weighted by Crippen LogP contribution is -2.27. The van der Waals surface area contributed by atoms with E-state index in [9.17, 15) is 0 Å². The molecule has 0 saturated heterocycles. The molecule has 0 aliphatic heterocycles. The van der Waals surface area contributed by atoms with Gasteiger partial charge in [-0.15, -0.1) is 0 Å². The standard InChI is InChI=1S/C14H25N5/c1-3-10-6-5-7-11(8-10)16-13-9-14(19-15)18-12(4-2)17-13/h9-11H,3-8,15H2,1-2H3,(H2,16,17,18,19). The summed E-state index contributed by atoms with van der Waals surface area (Å²) in [5.74, 6) is 8.69. The SMILES string of the molecule is CCc1nc(NN)cc(NC2CCCC(CC)C2)n1. The molecule has 2 rings (SSSR count). The highest BCUT2D eigenvalue weighted by Gasteiger charge is 2.21. The average Bonchev–Trinajstić information content (AvgIpc) is 2.47. The van der Waals surface area contributed by atoms with Crippen LogP contribution in [-0.4, -0.2) is 16.0 Å². The zero-order valence-electron chi connectivity index (χ0n) is 11.9. The van der Waals surface area contributed by atoms with Crippen LogP contribution in [0.5, 0.6) is 0 Å². The van der Waals surface area contributed by atoms with Crippen molar-refractivity contribution < 1.29 is 0 Å². The van der Waals surface area contributed by atoms with Gasteiger partial charge in [-0.1, -0.05) is 33.1 Å². The number of aromatic nitrogens is 2. The van der Waals surface area contributed by atoms with E-state index >= 15 is 0 Å². The largest absolute Gasteiger partial charge is 0.367 e. The summed E-state index contributed by atoms with van der Waals surface area (Å²) in [4.78, 5) is 8.83. The summed E-state index contributed by atoms with van der Waals surface area (Å²) in [5.41, 5.74) is 2.61. The molecule has 5 nitrogen and oxygen atoms in total. The number of hydrogen-bond acceptors (Lipinski definition) is 5. The van der Waals surface area contributed by atoms with Crippen LogP contribution in [0.15, 0.2) is 6.07 Å². The summed E-state index contributed by atoms with van der Waals surface area (Å²) in [5, 5.41) is 3.55. The Morgan fingerprint density at radius 1 is 1.26 bits per heavy atom. The van der Waals surface area contributed by atoms with Crippen LogP contribution in [0, 0.1) is 5.92 Å². The van der Waals surface area contributed by atoms with Crippen molar-refractivity contribution in [3.63, 3.8) is 0 Å². The first-order valence-electron chi connectivity index (χ1n) is 7.36. The molecule has 1 aromatic rings. The molecule has 2 atom stereocenters. The maximum atomic E-state index is 5.45. The van der Waals surface area contributed by atoms with Crippen LogP contribution in [-0.2, 0) is 6.42 Å². The van der Waals surface area contributed by atoms with Gasteiger partial charge in [-0.05, 0) is 18.8 Å². The van der Waals surface area contributed by atoms with Gasteiger partial charge in [0.25, 0.3) is 0 Å². The highest BCUT2D eigenvalue weighted by Crippen LogP contribution is 2.28. The molecule has 5 heteroatoms. The summed E-state index contributed by atoms with van der Waals surface area (Å²) in [6.45, 7) is 4.33. The summed E-state index contributed by atoms with van der Waals surface area (Å²) in [6.07, 6.45) is 7.24. The molecule has 1 saturated carbocycles. The van der Waals surface area contributed by atoms with Gasteiger partial charge in [-0.2, -0.15) is 0 Å². The summed E-state index contributed by atoms with van der Waals surface area (Å²) in [7, 11) is 0. The Kier molecular flexibility index (Phi) is 4.96. The van der Waals surface area contributed by atoms with Crippen molar-refractivity contribution >= 4 is 11.6 Å². The van der Waals surface area contributed by atoms with Crippen LogP contribution in [0.2, 0.25) is 0 Å². The fourth-order valence-electron chi connectivity index (χ4n) is 2.81. The minimum atomic E-state index is 0.531. The molecule has 1 fully saturated rings. The second-order valence-corrected chi connectivity index (χ2v) is 5.33. The van der Waals surface area contributed by atoms with Crippen molar-refractivity contribution in [2.24, 2.45) is 11.8 Å². The van der Waals surface area contributed by atoms with Crippen LogP contribution in [0.4, 0.5) is 11.6 Å². The minimum Gasteiger partial charge on any atom is -0.367 e. The lowest BCUT2D eigenvalue weighted by molar-refractivity contribution is 0.327. The van der Waals surface area contributed by atoms with Crippen molar-refractivity contribution in [1.29, 1.82) is 0 Å². The van der Waals surface area contributed by atoms with Crippen LogP contribution >= 0.6 is 0 Å². The van der Waals surface area contributed by atoms with E-state index in [1.807, 2.05) is 13.0 Å². The number of rotatable bonds is 5. The monoisotopic (exact) mass is 263 g/mol. The number of nitrogen functional groups attached to an aromatic ring is 1. The second-order valence-electron chi connectivity index (χ2n) is 5.33. The van der Waals surface area contributed by atoms with Gasteiger partial charge in [0.05, 0.1) is 0 Å². The Morgan fingerprint density at radius 2 is 2.05 bits per heavy atom. The summed E-state index contributed by atoms with van der Waals surface area (Å²) < 4.78 is 0. The first-order chi connectivity index (χ1) is 9.25. The van der Waals surface area contributed by atoms with Gasteiger partial charge >= 0.3 is 0 Å². The second kappa shape index (κ2) is 6.70. The molecule has 0 radical (unpaired) electrons. The lowest BCUT2D eigenvalue weighted by Gasteiger charge is -2.29. The van der Waals surface area contributed by atoms with Crippen molar-refractivity contribution in [1.82, 2.24) is 9.97 Å². The number of nitrogens with two attached hydrogens (primary N) is 1. The number of nitrogens with one attached hydrogen (secondary N) is 2. The molecule has 0 bridgehead atoms. The quantitative estimate of drug-likeness (QED) is 0.562. The number of hydrazine groups is 1. The fourth-order valence-corrected chi connectivity index (χ4v) is 2.81. The predicted molar refractivity (Wildman–Crippen MR) is 78.9 cm³/mol. The molecule has 0 spiro atoms. The van der Waals surface area contributed by atoms with Gasteiger partial charge in [0, 0.05) is 18.5 Å². The van der Waals surface area contributed by atoms with E-state index in [-0.39, 0.29) is 0 Å². The first-order valence-corrected chi connectivity index (χ1v) is 7.36.